The van der Waals surface area contributed by atoms with E-state index >= 15 is 0 Å². The molecule has 2 saturated heterocycles. The number of nitrogens with zero attached hydrogens (tertiary/aromatic N) is 5. The van der Waals surface area contributed by atoms with Gasteiger partial charge in [0.2, 0.25) is 11.2 Å². The van der Waals surface area contributed by atoms with Crippen LogP contribution < -0.4 is 20.0 Å². The summed E-state index contributed by atoms with van der Waals surface area (Å²) in [4.78, 5) is 29.6. The molecule has 0 saturated carbocycles. The number of amides is 1. The van der Waals surface area contributed by atoms with E-state index in [9.17, 15) is 9.18 Å². The third-order valence-electron chi connectivity index (χ3n) is 8.87. The first-order chi connectivity index (χ1) is 23.0. The van der Waals surface area contributed by atoms with Gasteiger partial charge in [-0.3, -0.25) is 4.90 Å². The Morgan fingerprint density at radius 1 is 1.02 bits per heavy atom. The van der Waals surface area contributed by atoms with Crippen LogP contribution in [0.3, 0.4) is 0 Å². The standard InChI is InChI=1S/C36H49ClFN5O5Si/c1-25(29-21-26(38)22-43(29)33(44)47-34(2,3)4)46-32-40-30(37)39-31(41-32)42-19-20-45-24-36(8,23-42)48-49(35(5,6)7,27-15-11-9-12-16-27)28-17-13-10-14-18-28/h9-18,25-26,29H,19-24H2,1-8H3/t25-,26+,29-,36-/m0/s1. The Hall–Kier alpha value is -3.32. The van der Waals surface area contributed by atoms with Crippen LogP contribution in [0.4, 0.5) is 15.1 Å². The van der Waals surface area contributed by atoms with Crippen LogP contribution in [0, 0.1) is 0 Å². The van der Waals surface area contributed by atoms with Crippen molar-refractivity contribution in [3.05, 3.63) is 65.9 Å². The van der Waals surface area contributed by atoms with Crippen LogP contribution in [0.1, 0.15) is 61.8 Å². The van der Waals surface area contributed by atoms with E-state index < -0.39 is 43.9 Å². The van der Waals surface area contributed by atoms with Crippen molar-refractivity contribution in [2.75, 3.05) is 37.7 Å². The molecule has 0 N–H and O–H groups in total. The van der Waals surface area contributed by atoms with Crippen molar-refractivity contribution in [2.45, 2.75) is 96.4 Å². The van der Waals surface area contributed by atoms with Crippen LogP contribution >= 0.6 is 11.6 Å². The van der Waals surface area contributed by atoms with Crippen molar-refractivity contribution in [3.63, 3.8) is 0 Å². The molecule has 10 nitrogen and oxygen atoms in total. The number of carbonyl (C=O) groups excluding carboxylic acids is 1. The van der Waals surface area contributed by atoms with Gasteiger partial charge in [0.05, 0.1) is 37.9 Å². The Morgan fingerprint density at radius 3 is 2.20 bits per heavy atom. The number of likely N-dealkylation sites (tertiary alicyclic amines) is 1. The Balaban J connectivity index is 1.43. The molecule has 2 aliphatic rings. The van der Waals surface area contributed by atoms with E-state index in [-0.39, 0.29) is 29.3 Å². The quantitative estimate of drug-likeness (QED) is 0.268. The molecule has 0 spiro atoms. The molecule has 1 amide bonds. The van der Waals surface area contributed by atoms with Crippen LogP contribution in [0.15, 0.2) is 60.7 Å². The van der Waals surface area contributed by atoms with E-state index in [0.29, 0.717) is 32.3 Å². The van der Waals surface area contributed by atoms with Gasteiger partial charge in [0.1, 0.15) is 17.9 Å². The summed E-state index contributed by atoms with van der Waals surface area (Å²) >= 11 is 6.46. The van der Waals surface area contributed by atoms with Crippen molar-refractivity contribution < 1.29 is 27.8 Å². The summed E-state index contributed by atoms with van der Waals surface area (Å²) in [6.45, 7) is 17.5. The molecule has 0 radical (unpaired) electrons. The summed E-state index contributed by atoms with van der Waals surface area (Å²) in [5, 5.41) is 2.05. The number of halogens is 2. The predicted molar refractivity (Wildman–Crippen MR) is 191 cm³/mol. The van der Waals surface area contributed by atoms with Gasteiger partial charge in [0.25, 0.3) is 8.32 Å². The zero-order chi connectivity index (χ0) is 35.6. The minimum absolute atomic E-state index is 0.0197. The Morgan fingerprint density at radius 2 is 1.63 bits per heavy atom. The molecule has 0 bridgehead atoms. The first-order valence-electron chi connectivity index (χ1n) is 16.9. The first-order valence-corrected chi connectivity index (χ1v) is 19.1. The van der Waals surface area contributed by atoms with Gasteiger partial charge < -0.3 is 23.5 Å². The number of ether oxygens (including phenoxy) is 3. The maximum atomic E-state index is 14.6. The van der Waals surface area contributed by atoms with Gasteiger partial charge in [-0.2, -0.15) is 15.0 Å². The largest absolute Gasteiger partial charge is 0.458 e. The first kappa shape index (κ1) is 36.9. The molecule has 4 atom stereocenters. The fraction of sp³-hybridized carbons (Fsp3) is 0.556. The van der Waals surface area contributed by atoms with Crippen LogP contribution in [-0.2, 0) is 13.9 Å². The van der Waals surface area contributed by atoms with Crippen molar-refractivity contribution in [2.24, 2.45) is 0 Å². The Bertz CT molecular complexity index is 1540. The Kier molecular flexibility index (Phi) is 10.9. The van der Waals surface area contributed by atoms with Crippen LogP contribution in [0.2, 0.25) is 10.3 Å². The number of aromatic nitrogens is 3. The fourth-order valence-corrected chi connectivity index (χ4v) is 11.7. The molecule has 5 rings (SSSR count). The highest BCUT2D eigenvalue weighted by atomic mass is 35.5. The predicted octanol–water partition coefficient (Wildman–Crippen LogP) is 5.81. The monoisotopic (exact) mass is 713 g/mol. The average Bonchev–Trinajstić information content (AvgIpc) is 3.32. The number of carbonyl (C=O) groups is 1. The highest BCUT2D eigenvalue weighted by Crippen LogP contribution is 2.40. The summed E-state index contributed by atoms with van der Waals surface area (Å²) in [6.07, 6.45) is -2.34. The van der Waals surface area contributed by atoms with Crippen molar-refractivity contribution in [1.82, 2.24) is 19.9 Å². The Labute approximate surface area is 295 Å². The van der Waals surface area contributed by atoms with E-state index in [4.69, 9.17) is 30.2 Å². The number of hydrogen-bond acceptors (Lipinski definition) is 9. The van der Waals surface area contributed by atoms with Gasteiger partial charge >= 0.3 is 12.1 Å². The minimum Gasteiger partial charge on any atom is -0.458 e. The molecule has 1 aromatic heterocycles. The molecule has 2 fully saturated rings. The van der Waals surface area contributed by atoms with Gasteiger partial charge in [-0.05, 0) is 61.6 Å². The maximum Gasteiger partial charge on any atom is 0.410 e. The lowest BCUT2D eigenvalue weighted by Gasteiger charge is -2.48. The van der Waals surface area contributed by atoms with Gasteiger partial charge in [0.15, 0.2) is 0 Å². The summed E-state index contributed by atoms with van der Waals surface area (Å²) in [6, 6.07) is 20.4. The van der Waals surface area contributed by atoms with Crippen LogP contribution in [0.25, 0.3) is 0 Å². The smallest absolute Gasteiger partial charge is 0.410 e. The molecular formula is C36H49ClFN5O5Si. The second-order valence-corrected chi connectivity index (χ2v) is 19.8. The van der Waals surface area contributed by atoms with Crippen molar-refractivity contribution in [1.29, 1.82) is 0 Å². The molecule has 3 aromatic rings. The number of hydrogen-bond donors (Lipinski definition) is 0. The lowest BCUT2D eigenvalue weighted by Crippen LogP contribution is -2.70. The van der Waals surface area contributed by atoms with Crippen molar-refractivity contribution in [3.8, 4) is 6.01 Å². The highest BCUT2D eigenvalue weighted by Gasteiger charge is 2.54. The maximum absolute atomic E-state index is 14.6. The third-order valence-corrected chi connectivity index (χ3v) is 14.2. The van der Waals surface area contributed by atoms with Crippen LogP contribution in [-0.4, -0.2) is 96.6 Å². The zero-order valence-corrected chi connectivity index (χ0v) is 31.5. The molecular weight excluding hydrogens is 665 g/mol. The summed E-state index contributed by atoms with van der Waals surface area (Å²) in [5.74, 6) is 0.309. The lowest BCUT2D eigenvalue weighted by molar-refractivity contribution is -0.000402. The number of alkyl halides is 1. The zero-order valence-electron chi connectivity index (χ0n) is 29.8. The van der Waals surface area contributed by atoms with Gasteiger partial charge in [0, 0.05) is 13.0 Å². The molecule has 2 aliphatic heterocycles. The molecule has 266 valence electrons. The van der Waals surface area contributed by atoms with E-state index in [1.54, 1.807) is 27.7 Å². The molecule has 13 heteroatoms. The average molecular weight is 714 g/mol. The molecule has 0 unspecified atom stereocenters. The fourth-order valence-electron chi connectivity index (χ4n) is 6.79. The minimum atomic E-state index is -2.94. The number of rotatable bonds is 8. The molecule has 0 aliphatic carbocycles. The topological polar surface area (TPSA) is 99.1 Å². The van der Waals surface area contributed by atoms with E-state index in [2.05, 4.69) is 91.2 Å². The summed E-state index contributed by atoms with van der Waals surface area (Å²) in [5.41, 5.74) is -1.49. The third kappa shape index (κ3) is 8.53. The van der Waals surface area contributed by atoms with E-state index in [1.807, 2.05) is 17.0 Å². The van der Waals surface area contributed by atoms with Crippen LogP contribution in [0.5, 0.6) is 6.01 Å². The number of anilines is 1. The van der Waals surface area contributed by atoms with Gasteiger partial charge in [-0.15, -0.1) is 0 Å². The van der Waals surface area contributed by atoms with E-state index in [1.165, 1.54) is 15.3 Å². The molecule has 2 aromatic carbocycles. The van der Waals surface area contributed by atoms with Gasteiger partial charge in [-0.25, -0.2) is 9.18 Å². The number of benzene rings is 2. The second kappa shape index (κ2) is 14.5. The molecule has 3 heterocycles. The normalized spacial score (nSPS) is 22.8. The summed E-state index contributed by atoms with van der Waals surface area (Å²) in [7, 11) is -2.94. The highest BCUT2D eigenvalue weighted by molar-refractivity contribution is 6.99. The van der Waals surface area contributed by atoms with Gasteiger partial charge in [-0.1, -0.05) is 81.4 Å². The van der Waals surface area contributed by atoms with Crippen molar-refractivity contribution >= 4 is 42.3 Å². The van der Waals surface area contributed by atoms with E-state index in [0.717, 1.165) is 0 Å². The SMILES string of the molecule is C[C@H](Oc1nc(Cl)nc(N2CCOC[C@@](C)(O[Si](c3ccccc3)(c3ccccc3)C(C)(C)C)C2)n1)[C@@H]1C[C@@H](F)CN1C(=O)OC(C)(C)C. The molecule has 49 heavy (non-hydrogen) atoms. The summed E-state index contributed by atoms with van der Waals surface area (Å²) < 4.78 is 40.1. The lowest BCUT2D eigenvalue weighted by atomic mass is 10.1. The second-order valence-electron chi connectivity index (χ2n) is 15.2.